The molecule has 0 saturated heterocycles. The molecule has 1 aromatic rings. The molecule has 1 rings (SSSR count). The SMILES string of the molecule is CCCCCCN(C(=O)C(CC(C)C)NC(=O)OC(C)(C)C)C(C(=O)NCC(=O)OC)c1ccccc1O. The summed E-state index contributed by atoms with van der Waals surface area (Å²) in [4.78, 5) is 53.3. The van der Waals surface area contributed by atoms with E-state index in [-0.39, 0.29) is 23.8 Å². The number of nitrogens with zero attached hydrogens (tertiary/aromatic N) is 1. The number of hydrogen-bond donors (Lipinski definition) is 3. The molecular weight excluding hydrogens is 490 g/mol. The summed E-state index contributed by atoms with van der Waals surface area (Å²) in [5.74, 6) is -1.92. The number of carbonyl (C=O) groups excluding carboxylic acids is 4. The maximum absolute atomic E-state index is 14.1. The van der Waals surface area contributed by atoms with Gasteiger partial charge in [0.15, 0.2) is 0 Å². The van der Waals surface area contributed by atoms with Gasteiger partial charge in [0.25, 0.3) is 0 Å². The zero-order valence-corrected chi connectivity index (χ0v) is 23.8. The molecule has 214 valence electrons. The van der Waals surface area contributed by atoms with E-state index in [1.54, 1.807) is 39.0 Å². The largest absolute Gasteiger partial charge is 0.508 e. The number of rotatable bonds is 14. The second kappa shape index (κ2) is 15.8. The highest BCUT2D eigenvalue weighted by molar-refractivity contribution is 5.93. The van der Waals surface area contributed by atoms with Crippen molar-refractivity contribution in [3.05, 3.63) is 29.8 Å². The Morgan fingerprint density at radius 1 is 1.05 bits per heavy atom. The number of para-hydroxylation sites is 1. The number of methoxy groups -OCH3 is 1. The number of amides is 3. The van der Waals surface area contributed by atoms with Gasteiger partial charge < -0.3 is 30.1 Å². The average molecular weight is 536 g/mol. The molecule has 0 aliphatic rings. The lowest BCUT2D eigenvalue weighted by Crippen LogP contribution is -2.54. The van der Waals surface area contributed by atoms with Crippen LogP contribution in [0.1, 0.15) is 85.3 Å². The molecule has 0 aliphatic carbocycles. The Morgan fingerprint density at radius 3 is 2.26 bits per heavy atom. The van der Waals surface area contributed by atoms with Gasteiger partial charge in [-0.1, -0.05) is 58.2 Å². The number of phenolic OH excluding ortho intramolecular Hbond substituents is 1. The van der Waals surface area contributed by atoms with Crippen molar-refractivity contribution in [1.82, 2.24) is 15.5 Å². The maximum atomic E-state index is 14.1. The number of ether oxygens (including phenoxy) is 2. The summed E-state index contributed by atoms with van der Waals surface area (Å²) in [5.41, 5.74) is -0.555. The van der Waals surface area contributed by atoms with Crippen molar-refractivity contribution in [3.63, 3.8) is 0 Å². The van der Waals surface area contributed by atoms with Gasteiger partial charge >= 0.3 is 12.1 Å². The molecule has 2 atom stereocenters. The van der Waals surface area contributed by atoms with E-state index in [0.29, 0.717) is 12.8 Å². The van der Waals surface area contributed by atoms with Crippen LogP contribution in [0.2, 0.25) is 0 Å². The number of unbranched alkanes of at least 4 members (excludes halogenated alkanes) is 3. The Bertz CT molecular complexity index is 927. The van der Waals surface area contributed by atoms with Crippen LogP contribution in [0.15, 0.2) is 24.3 Å². The summed E-state index contributed by atoms with van der Waals surface area (Å²) in [6.45, 7) is 10.9. The second-order valence-corrected chi connectivity index (χ2v) is 10.7. The van der Waals surface area contributed by atoms with Crippen molar-refractivity contribution < 1.29 is 33.8 Å². The van der Waals surface area contributed by atoms with Crippen molar-refractivity contribution >= 4 is 23.9 Å². The van der Waals surface area contributed by atoms with E-state index in [2.05, 4.69) is 22.3 Å². The summed E-state index contributed by atoms with van der Waals surface area (Å²) in [6, 6.07) is 4.03. The monoisotopic (exact) mass is 535 g/mol. The normalized spacial score (nSPS) is 12.8. The highest BCUT2D eigenvalue weighted by Crippen LogP contribution is 2.30. The first-order valence-corrected chi connectivity index (χ1v) is 13.2. The van der Waals surface area contributed by atoms with Crippen molar-refractivity contribution in [1.29, 1.82) is 0 Å². The molecule has 3 N–H and O–H groups in total. The number of phenols is 1. The van der Waals surface area contributed by atoms with Crippen LogP contribution in [-0.4, -0.2) is 65.7 Å². The molecular formula is C28H45N3O7. The Balaban J connectivity index is 3.50. The molecule has 38 heavy (non-hydrogen) atoms. The topological polar surface area (TPSA) is 134 Å². The summed E-state index contributed by atoms with van der Waals surface area (Å²) < 4.78 is 10.0. The lowest BCUT2D eigenvalue weighted by molar-refractivity contribution is -0.145. The number of esters is 1. The Hall–Kier alpha value is -3.30. The summed E-state index contributed by atoms with van der Waals surface area (Å²) in [5, 5.41) is 15.9. The minimum absolute atomic E-state index is 0.0394. The van der Waals surface area contributed by atoms with Crippen LogP contribution in [0.25, 0.3) is 0 Å². The van der Waals surface area contributed by atoms with Crippen LogP contribution in [0, 0.1) is 5.92 Å². The van der Waals surface area contributed by atoms with Gasteiger partial charge in [-0.15, -0.1) is 0 Å². The van der Waals surface area contributed by atoms with Crippen LogP contribution in [0.4, 0.5) is 4.79 Å². The molecule has 0 bridgehead atoms. The molecule has 0 aliphatic heterocycles. The predicted molar refractivity (Wildman–Crippen MR) is 144 cm³/mol. The lowest BCUT2D eigenvalue weighted by atomic mass is 9.98. The third-order valence-corrected chi connectivity index (χ3v) is 5.66. The van der Waals surface area contributed by atoms with Crippen LogP contribution in [0.3, 0.4) is 0 Å². The van der Waals surface area contributed by atoms with E-state index in [1.165, 1.54) is 18.1 Å². The Morgan fingerprint density at radius 2 is 1.71 bits per heavy atom. The number of nitrogens with one attached hydrogen (secondary N) is 2. The van der Waals surface area contributed by atoms with Gasteiger partial charge in [0.1, 0.15) is 30.0 Å². The minimum atomic E-state index is -1.25. The van der Waals surface area contributed by atoms with Crippen LogP contribution >= 0.6 is 0 Å². The number of alkyl carbamates (subject to hydrolysis) is 1. The molecule has 0 aromatic heterocycles. The molecule has 1 aromatic carbocycles. The van der Waals surface area contributed by atoms with Gasteiger partial charge in [0.2, 0.25) is 11.8 Å². The maximum Gasteiger partial charge on any atom is 0.408 e. The van der Waals surface area contributed by atoms with Gasteiger partial charge in [0.05, 0.1) is 7.11 Å². The van der Waals surface area contributed by atoms with E-state index in [1.807, 2.05) is 13.8 Å². The molecule has 0 radical (unpaired) electrons. The Labute approximate surface area is 226 Å². The van der Waals surface area contributed by atoms with Crippen molar-refractivity contribution in [2.24, 2.45) is 5.92 Å². The van der Waals surface area contributed by atoms with Crippen LogP contribution < -0.4 is 10.6 Å². The highest BCUT2D eigenvalue weighted by atomic mass is 16.6. The van der Waals surface area contributed by atoms with E-state index >= 15 is 0 Å². The fraction of sp³-hybridized carbons (Fsp3) is 0.643. The molecule has 0 spiro atoms. The molecule has 2 unspecified atom stereocenters. The van der Waals surface area contributed by atoms with Crippen molar-refractivity contribution in [2.45, 2.75) is 91.3 Å². The van der Waals surface area contributed by atoms with E-state index in [0.717, 1.165) is 19.3 Å². The first-order chi connectivity index (χ1) is 17.8. The molecule has 10 nitrogen and oxygen atoms in total. The Kier molecular flexibility index (Phi) is 13.6. The first kappa shape index (κ1) is 32.7. The minimum Gasteiger partial charge on any atom is -0.508 e. The molecule has 10 heteroatoms. The quantitative estimate of drug-likeness (QED) is 0.241. The van der Waals surface area contributed by atoms with Gasteiger partial charge in [-0.3, -0.25) is 14.4 Å². The predicted octanol–water partition coefficient (Wildman–Crippen LogP) is 4.07. The van der Waals surface area contributed by atoms with Crippen molar-refractivity contribution in [2.75, 3.05) is 20.2 Å². The van der Waals surface area contributed by atoms with Gasteiger partial charge in [-0.25, -0.2) is 4.79 Å². The lowest BCUT2D eigenvalue weighted by Gasteiger charge is -2.35. The van der Waals surface area contributed by atoms with E-state index in [9.17, 15) is 24.3 Å². The standard InChI is InChI=1S/C28H45N3O7/c1-8-9-10-13-16-31(26(35)21(17-19(2)3)30-27(36)38-28(4,5)6)24(20-14-11-12-15-22(20)32)25(34)29-18-23(33)37-7/h11-12,14-15,19,21,24,32H,8-10,13,16-18H2,1-7H3,(H,29,34)(H,30,36). The highest BCUT2D eigenvalue weighted by Gasteiger charge is 2.37. The molecule has 0 fully saturated rings. The summed E-state index contributed by atoms with van der Waals surface area (Å²) in [6.07, 6.45) is 2.93. The second-order valence-electron chi connectivity index (χ2n) is 10.7. The van der Waals surface area contributed by atoms with Crippen LogP contribution in [-0.2, 0) is 23.9 Å². The van der Waals surface area contributed by atoms with Gasteiger partial charge in [-0.05, 0) is 45.6 Å². The number of benzene rings is 1. The van der Waals surface area contributed by atoms with E-state index < -0.39 is 48.1 Å². The van der Waals surface area contributed by atoms with Gasteiger partial charge in [-0.2, -0.15) is 0 Å². The summed E-state index contributed by atoms with van der Waals surface area (Å²) in [7, 11) is 1.21. The fourth-order valence-corrected chi connectivity index (χ4v) is 3.92. The fourth-order valence-electron chi connectivity index (χ4n) is 3.92. The molecule has 0 saturated carbocycles. The van der Waals surface area contributed by atoms with Gasteiger partial charge in [0, 0.05) is 12.1 Å². The van der Waals surface area contributed by atoms with E-state index in [4.69, 9.17) is 4.74 Å². The molecule has 3 amide bonds. The number of aromatic hydroxyl groups is 1. The summed E-state index contributed by atoms with van der Waals surface area (Å²) >= 11 is 0. The number of hydrogen-bond acceptors (Lipinski definition) is 7. The van der Waals surface area contributed by atoms with Crippen LogP contribution in [0.5, 0.6) is 5.75 Å². The average Bonchev–Trinajstić information content (AvgIpc) is 2.82. The van der Waals surface area contributed by atoms with Crippen molar-refractivity contribution in [3.8, 4) is 5.75 Å². The smallest absolute Gasteiger partial charge is 0.408 e. The zero-order valence-electron chi connectivity index (χ0n) is 23.8. The third kappa shape index (κ3) is 11.4. The first-order valence-electron chi connectivity index (χ1n) is 13.2. The number of carbonyl (C=O) groups is 4. The third-order valence-electron chi connectivity index (χ3n) is 5.66. The molecule has 0 heterocycles. The zero-order chi connectivity index (χ0) is 28.9.